The van der Waals surface area contributed by atoms with Crippen molar-refractivity contribution in [1.82, 2.24) is 9.88 Å². The molecule has 1 aromatic heterocycles. The van der Waals surface area contributed by atoms with E-state index in [1.165, 1.54) is 30.0 Å². The third-order valence-electron chi connectivity index (χ3n) is 4.67. The molecule has 30 heavy (non-hydrogen) atoms. The van der Waals surface area contributed by atoms with Gasteiger partial charge in [0.25, 0.3) is 11.5 Å². The van der Waals surface area contributed by atoms with Gasteiger partial charge < -0.3 is 14.6 Å². The second kappa shape index (κ2) is 9.89. The molecule has 6 nitrogen and oxygen atoms in total. The molecule has 0 fully saturated rings. The topological polar surface area (TPSA) is 77.4 Å². The minimum atomic E-state index is -0.675. The Morgan fingerprint density at radius 3 is 2.40 bits per heavy atom. The molecule has 1 N–H and O–H groups in total. The summed E-state index contributed by atoms with van der Waals surface area (Å²) in [5, 5.41) is 3.30. The number of methoxy groups -OCH3 is 1. The van der Waals surface area contributed by atoms with Gasteiger partial charge in [-0.1, -0.05) is 54.1 Å². The minimum Gasteiger partial charge on any atom is -0.468 e. The van der Waals surface area contributed by atoms with E-state index in [1.807, 2.05) is 30.3 Å². The van der Waals surface area contributed by atoms with Crippen LogP contribution >= 0.6 is 11.6 Å². The van der Waals surface area contributed by atoms with Crippen LogP contribution in [0, 0.1) is 0 Å². The van der Waals surface area contributed by atoms with Gasteiger partial charge in [0.2, 0.25) is 0 Å². The molecule has 0 aliphatic heterocycles. The Bertz CT molecular complexity index is 1080. The number of hydrogen-bond donors (Lipinski definition) is 1. The van der Waals surface area contributed by atoms with Crippen LogP contribution in [0.25, 0.3) is 0 Å². The molecular formula is C23H21ClN2O4. The van der Waals surface area contributed by atoms with Gasteiger partial charge in [-0.25, -0.2) is 0 Å². The van der Waals surface area contributed by atoms with Crippen LogP contribution in [0.3, 0.4) is 0 Å². The summed E-state index contributed by atoms with van der Waals surface area (Å²) in [7, 11) is 1.30. The molecule has 1 amide bonds. The van der Waals surface area contributed by atoms with E-state index >= 15 is 0 Å². The van der Waals surface area contributed by atoms with Gasteiger partial charge in [0.05, 0.1) is 25.1 Å². The van der Waals surface area contributed by atoms with Gasteiger partial charge in [-0.2, -0.15) is 0 Å². The number of nitrogens with zero attached hydrogens (tertiary/aromatic N) is 1. The Hall–Kier alpha value is -3.38. The second-order valence-corrected chi connectivity index (χ2v) is 7.14. The van der Waals surface area contributed by atoms with Crippen LogP contribution in [-0.4, -0.2) is 30.1 Å². The average Bonchev–Trinajstić information content (AvgIpc) is 2.77. The largest absolute Gasteiger partial charge is 0.468 e. The number of nitrogens with one attached hydrogen (secondary N) is 1. The van der Waals surface area contributed by atoms with E-state index in [0.29, 0.717) is 22.7 Å². The molecule has 2 aromatic carbocycles. The Morgan fingerprint density at radius 2 is 1.73 bits per heavy atom. The fourth-order valence-electron chi connectivity index (χ4n) is 3.04. The Morgan fingerprint density at radius 1 is 1.03 bits per heavy atom. The zero-order valence-electron chi connectivity index (χ0n) is 16.4. The van der Waals surface area contributed by atoms with Crippen molar-refractivity contribution in [1.29, 1.82) is 0 Å². The number of carbonyl (C=O) groups excluding carboxylic acids is 2. The number of halogens is 1. The summed E-state index contributed by atoms with van der Waals surface area (Å²) in [6.07, 6.45) is 1.51. The Labute approximate surface area is 179 Å². The molecule has 1 heterocycles. The molecule has 1 atom stereocenters. The van der Waals surface area contributed by atoms with Crippen LogP contribution in [-0.2, 0) is 16.1 Å². The number of benzene rings is 2. The molecule has 0 saturated carbocycles. The molecule has 0 aliphatic carbocycles. The number of rotatable bonds is 7. The van der Waals surface area contributed by atoms with Crippen molar-refractivity contribution in [3.05, 3.63) is 105 Å². The highest BCUT2D eigenvalue weighted by atomic mass is 35.5. The van der Waals surface area contributed by atoms with Gasteiger partial charge >= 0.3 is 5.97 Å². The van der Waals surface area contributed by atoms with E-state index in [0.717, 1.165) is 5.56 Å². The number of hydrogen-bond acceptors (Lipinski definition) is 4. The van der Waals surface area contributed by atoms with Crippen molar-refractivity contribution in [3.63, 3.8) is 0 Å². The normalized spacial score (nSPS) is 11.5. The Balaban J connectivity index is 1.74. The van der Waals surface area contributed by atoms with Crippen LogP contribution in [0.1, 0.15) is 27.4 Å². The highest BCUT2D eigenvalue weighted by molar-refractivity contribution is 6.30. The first kappa shape index (κ1) is 21.3. The third kappa shape index (κ3) is 5.36. The lowest BCUT2D eigenvalue weighted by Gasteiger charge is -2.16. The van der Waals surface area contributed by atoms with Gasteiger partial charge in [0.15, 0.2) is 0 Å². The number of carbonyl (C=O) groups is 2. The van der Waals surface area contributed by atoms with Crippen LogP contribution in [0.4, 0.5) is 0 Å². The van der Waals surface area contributed by atoms with Crippen LogP contribution < -0.4 is 10.9 Å². The number of amides is 1. The van der Waals surface area contributed by atoms with E-state index in [1.54, 1.807) is 24.3 Å². The van der Waals surface area contributed by atoms with Gasteiger partial charge in [-0.3, -0.25) is 14.4 Å². The van der Waals surface area contributed by atoms with E-state index < -0.39 is 11.9 Å². The number of aromatic nitrogens is 1. The molecule has 0 spiro atoms. The summed E-state index contributed by atoms with van der Waals surface area (Å²) in [4.78, 5) is 37.0. The predicted octanol–water partition coefficient (Wildman–Crippen LogP) is 3.24. The molecule has 0 radical (unpaired) electrons. The smallest absolute Gasteiger partial charge is 0.314 e. The molecular weight excluding hydrogens is 404 g/mol. The quantitative estimate of drug-likeness (QED) is 0.591. The van der Waals surface area contributed by atoms with E-state index in [4.69, 9.17) is 16.3 Å². The fraction of sp³-hybridized carbons (Fsp3) is 0.174. The summed E-state index contributed by atoms with van der Waals surface area (Å²) in [5.74, 6) is -1.53. The van der Waals surface area contributed by atoms with E-state index in [9.17, 15) is 14.4 Å². The van der Waals surface area contributed by atoms with Crippen molar-refractivity contribution < 1.29 is 14.3 Å². The lowest BCUT2D eigenvalue weighted by molar-refractivity contribution is -0.142. The predicted molar refractivity (Wildman–Crippen MR) is 115 cm³/mol. The number of ether oxygens (including phenoxy) is 1. The SMILES string of the molecule is COC(=O)C(CNC(=O)c1ccc(=O)n(Cc2ccccc2)c1)c1ccc(Cl)cc1. The lowest BCUT2D eigenvalue weighted by atomic mass is 9.99. The highest BCUT2D eigenvalue weighted by Crippen LogP contribution is 2.19. The summed E-state index contributed by atoms with van der Waals surface area (Å²) in [6, 6.07) is 19.1. The maximum Gasteiger partial charge on any atom is 0.314 e. The number of esters is 1. The van der Waals surface area contributed by atoms with Gasteiger partial charge in [0, 0.05) is 23.8 Å². The minimum absolute atomic E-state index is 0.0466. The van der Waals surface area contributed by atoms with Gasteiger partial charge in [0.1, 0.15) is 0 Å². The Kier molecular flexibility index (Phi) is 7.03. The van der Waals surface area contributed by atoms with Crippen LogP contribution in [0.5, 0.6) is 0 Å². The summed E-state index contributed by atoms with van der Waals surface area (Å²) < 4.78 is 6.34. The molecule has 0 saturated heterocycles. The molecule has 3 rings (SSSR count). The third-order valence-corrected chi connectivity index (χ3v) is 4.92. The fourth-order valence-corrected chi connectivity index (χ4v) is 3.17. The second-order valence-electron chi connectivity index (χ2n) is 6.71. The lowest BCUT2D eigenvalue weighted by Crippen LogP contribution is -2.33. The molecule has 1 unspecified atom stereocenters. The number of pyridine rings is 1. The highest BCUT2D eigenvalue weighted by Gasteiger charge is 2.22. The zero-order valence-corrected chi connectivity index (χ0v) is 17.1. The molecule has 0 bridgehead atoms. The molecule has 0 aliphatic rings. The van der Waals surface area contributed by atoms with Crippen LogP contribution in [0.2, 0.25) is 5.02 Å². The molecule has 154 valence electrons. The molecule has 3 aromatic rings. The van der Waals surface area contributed by atoms with E-state index in [-0.39, 0.29) is 18.0 Å². The van der Waals surface area contributed by atoms with Crippen LogP contribution in [0.15, 0.2) is 77.7 Å². The van der Waals surface area contributed by atoms with Gasteiger partial charge in [-0.15, -0.1) is 0 Å². The van der Waals surface area contributed by atoms with Crippen molar-refractivity contribution in [2.24, 2.45) is 0 Å². The maximum atomic E-state index is 12.7. The maximum absolute atomic E-state index is 12.7. The van der Waals surface area contributed by atoms with Crippen molar-refractivity contribution in [3.8, 4) is 0 Å². The average molecular weight is 425 g/mol. The van der Waals surface area contributed by atoms with E-state index in [2.05, 4.69) is 5.32 Å². The monoisotopic (exact) mass is 424 g/mol. The molecule has 7 heteroatoms. The first-order chi connectivity index (χ1) is 14.5. The summed E-state index contributed by atoms with van der Waals surface area (Å²) >= 11 is 5.91. The van der Waals surface area contributed by atoms with Crippen molar-refractivity contribution in [2.75, 3.05) is 13.7 Å². The van der Waals surface area contributed by atoms with Gasteiger partial charge in [-0.05, 0) is 29.3 Å². The van der Waals surface area contributed by atoms with Crippen molar-refractivity contribution >= 4 is 23.5 Å². The van der Waals surface area contributed by atoms with Crippen molar-refractivity contribution in [2.45, 2.75) is 12.5 Å². The summed E-state index contributed by atoms with van der Waals surface area (Å²) in [6.45, 7) is 0.404. The first-order valence-corrected chi connectivity index (χ1v) is 9.71. The first-order valence-electron chi connectivity index (χ1n) is 9.34. The standard InChI is InChI=1S/C23H21ClN2O4/c1-30-23(29)20(17-7-10-19(24)11-8-17)13-25-22(28)18-9-12-21(27)26(15-18)14-16-5-3-2-4-6-16/h2-12,15,20H,13-14H2,1H3,(H,25,28). The zero-order chi connectivity index (χ0) is 21.5. The summed E-state index contributed by atoms with van der Waals surface area (Å²) in [5.41, 5.74) is 1.75.